The zero-order chi connectivity index (χ0) is 29.2. The number of amides is 1. The van der Waals surface area contributed by atoms with Crippen LogP contribution in [-0.4, -0.2) is 44.0 Å². The van der Waals surface area contributed by atoms with E-state index < -0.39 is 40.7 Å². The molecular formula is C29H57NNa2O8S. The minimum absolute atomic E-state index is 0. The van der Waals surface area contributed by atoms with Crippen LogP contribution in [0.3, 0.4) is 0 Å². The van der Waals surface area contributed by atoms with E-state index in [1.54, 1.807) is 0 Å². The average Bonchev–Trinajstić information content (AvgIpc) is 2.88. The van der Waals surface area contributed by atoms with Crippen LogP contribution in [0.2, 0.25) is 0 Å². The van der Waals surface area contributed by atoms with Crippen LogP contribution in [-0.2, 0) is 33.1 Å². The van der Waals surface area contributed by atoms with E-state index in [0.29, 0.717) is 12.8 Å². The van der Waals surface area contributed by atoms with Crippen LogP contribution >= 0.6 is 0 Å². The Labute approximate surface area is 297 Å². The van der Waals surface area contributed by atoms with Crippen molar-refractivity contribution in [2.24, 2.45) is 0 Å². The molecule has 0 saturated heterocycles. The number of unbranched alkanes of at least 4 members (excludes halogenated alkanes) is 17. The van der Waals surface area contributed by atoms with Crippen molar-refractivity contribution < 1.29 is 98.2 Å². The molecule has 1 atom stereocenters. The molecule has 0 aliphatic carbocycles. The number of carbonyl (C=O) groups excluding carboxylic acids is 2. The predicted octanol–water partition coefficient (Wildman–Crippen LogP) is 1.22. The number of aliphatic carboxylic acids is 1. The molecule has 0 heterocycles. The normalized spacial score (nSPS) is 11.7. The van der Waals surface area contributed by atoms with Gasteiger partial charge in [0.05, 0.1) is 6.61 Å². The summed E-state index contributed by atoms with van der Waals surface area (Å²) < 4.78 is 32.9. The van der Waals surface area contributed by atoms with Gasteiger partial charge in [0.2, 0.25) is 5.91 Å². The Morgan fingerprint density at radius 2 is 1.10 bits per heavy atom. The van der Waals surface area contributed by atoms with Crippen molar-refractivity contribution in [3.05, 3.63) is 0 Å². The van der Waals surface area contributed by atoms with Crippen molar-refractivity contribution >= 4 is 28.2 Å². The van der Waals surface area contributed by atoms with E-state index in [-0.39, 0.29) is 81.4 Å². The molecule has 0 saturated carbocycles. The molecule has 0 radical (unpaired) electrons. The van der Waals surface area contributed by atoms with Gasteiger partial charge in [0.25, 0.3) is 0 Å². The van der Waals surface area contributed by atoms with E-state index in [9.17, 15) is 27.9 Å². The van der Waals surface area contributed by atoms with E-state index >= 15 is 0 Å². The van der Waals surface area contributed by atoms with Gasteiger partial charge in [0, 0.05) is 12.8 Å². The third kappa shape index (κ3) is 31.5. The summed E-state index contributed by atoms with van der Waals surface area (Å²) in [5.41, 5.74) is 0. The molecule has 234 valence electrons. The summed E-state index contributed by atoms with van der Waals surface area (Å²) in [4.78, 5) is 35.5. The molecule has 0 aromatic rings. The summed E-state index contributed by atoms with van der Waals surface area (Å²) in [5, 5.41) is 11.8. The van der Waals surface area contributed by atoms with Gasteiger partial charge < -0.3 is 17.5 Å². The second kappa shape index (κ2) is 31.7. The molecule has 2 N–H and O–H groups in total. The summed E-state index contributed by atoms with van der Waals surface area (Å²) in [6.07, 6.45) is 20.4. The summed E-state index contributed by atoms with van der Waals surface area (Å²) in [5.74, 6) is -2.80. The molecular weight excluding hydrogens is 568 g/mol. The van der Waals surface area contributed by atoms with Crippen LogP contribution in [0.25, 0.3) is 0 Å². The average molecular weight is 626 g/mol. The predicted molar refractivity (Wildman–Crippen MR) is 156 cm³/mol. The van der Waals surface area contributed by atoms with Gasteiger partial charge in [-0.2, -0.15) is 8.42 Å². The number of carboxylic acid groups (broad SMARTS) is 1. The Kier molecular flexibility index (Phi) is 35.4. The second-order valence-electron chi connectivity index (χ2n) is 10.4. The van der Waals surface area contributed by atoms with Gasteiger partial charge in [0.1, 0.15) is 6.04 Å². The molecule has 12 heteroatoms. The first-order valence-corrected chi connectivity index (χ1v) is 16.7. The number of carbonyl (C=O) groups is 3. The molecule has 41 heavy (non-hydrogen) atoms. The summed E-state index contributed by atoms with van der Waals surface area (Å²) in [6.45, 7) is 4.31. The molecule has 0 spiro atoms. The fourth-order valence-electron chi connectivity index (χ4n) is 4.31. The van der Waals surface area contributed by atoms with Crippen molar-refractivity contribution in [1.29, 1.82) is 0 Å². The van der Waals surface area contributed by atoms with Gasteiger partial charge in [-0.05, 0) is 19.3 Å². The molecule has 1 amide bonds. The van der Waals surface area contributed by atoms with Gasteiger partial charge in [-0.15, -0.1) is 0 Å². The van der Waals surface area contributed by atoms with Crippen molar-refractivity contribution in [2.45, 2.75) is 161 Å². The van der Waals surface area contributed by atoms with Gasteiger partial charge in [-0.3, -0.25) is 9.59 Å². The Morgan fingerprint density at radius 1 is 0.683 bits per heavy atom. The van der Waals surface area contributed by atoms with Crippen molar-refractivity contribution in [3.63, 3.8) is 0 Å². The maximum atomic E-state index is 12.1. The second-order valence-corrected chi connectivity index (χ2v) is 11.7. The molecule has 0 bridgehead atoms. The standard InChI is InChI=1S/C29H55NO8S.2Na.2H/c1-3-5-7-9-11-13-15-17-19-21-25-37-39(35,36)38-28(32)24-23-26(29(33)34)30-27(31)22-20-18-16-14-12-10-8-6-4-2;;;;/h26H,3-25H2,1-2H3,(H,30,31)(H,33,34);;;;/q;2*+1;2*-1/t26-;;;;/m0..../s1. The number of carboxylic acids is 1. The zero-order valence-electron chi connectivity index (χ0n) is 28.6. The van der Waals surface area contributed by atoms with Gasteiger partial charge in [0.15, 0.2) is 0 Å². The summed E-state index contributed by atoms with van der Waals surface area (Å²) in [7, 11) is -4.49. The Morgan fingerprint density at radius 3 is 1.54 bits per heavy atom. The third-order valence-electron chi connectivity index (χ3n) is 6.70. The molecule has 9 nitrogen and oxygen atoms in total. The summed E-state index contributed by atoms with van der Waals surface area (Å²) in [6, 6.07) is -1.29. The quantitative estimate of drug-likeness (QED) is 0.0979. The Hall–Kier alpha value is 0.320. The third-order valence-corrected chi connectivity index (χ3v) is 7.54. The molecule has 0 unspecified atom stereocenters. The van der Waals surface area contributed by atoms with E-state index in [0.717, 1.165) is 38.5 Å². The van der Waals surface area contributed by atoms with Crippen LogP contribution in [0.15, 0.2) is 0 Å². The molecule has 0 fully saturated rings. The SMILES string of the molecule is CCCCCCCCCCCCOS(=O)(=O)OC(=O)CC[C@H](NC(=O)CCCCCCCCCCC)C(=O)O.[H-].[H-].[Na+].[Na+]. The molecule has 0 aromatic carbocycles. The van der Waals surface area contributed by atoms with E-state index in [1.807, 2.05) is 0 Å². The van der Waals surface area contributed by atoms with Crippen LogP contribution in [0.5, 0.6) is 0 Å². The fraction of sp³-hybridized carbons (Fsp3) is 0.897. The van der Waals surface area contributed by atoms with E-state index in [2.05, 4.69) is 23.3 Å². The van der Waals surface area contributed by atoms with Crippen LogP contribution in [0.1, 0.15) is 158 Å². The first-order chi connectivity index (χ1) is 18.7. The van der Waals surface area contributed by atoms with Crippen LogP contribution in [0.4, 0.5) is 0 Å². The number of nitrogens with one attached hydrogen (secondary N) is 1. The topological polar surface area (TPSA) is 136 Å². The van der Waals surface area contributed by atoms with Gasteiger partial charge in [-0.25, -0.2) is 8.98 Å². The van der Waals surface area contributed by atoms with Gasteiger partial charge >= 0.3 is 81.5 Å². The molecule has 0 aromatic heterocycles. The van der Waals surface area contributed by atoms with Crippen molar-refractivity contribution in [2.75, 3.05) is 6.61 Å². The van der Waals surface area contributed by atoms with Gasteiger partial charge in [-0.1, -0.05) is 123 Å². The fourth-order valence-corrected chi connectivity index (χ4v) is 4.99. The number of hydrogen-bond donors (Lipinski definition) is 2. The Balaban J connectivity index is -0.00000120. The number of rotatable bonds is 28. The van der Waals surface area contributed by atoms with Crippen molar-refractivity contribution in [1.82, 2.24) is 5.32 Å². The maximum absolute atomic E-state index is 12.1. The molecule has 0 aliphatic rings. The van der Waals surface area contributed by atoms with Crippen LogP contribution in [0, 0.1) is 0 Å². The smallest absolute Gasteiger partial charge is 1.00 e. The minimum Gasteiger partial charge on any atom is -1.00 e. The van der Waals surface area contributed by atoms with E-state index in [1.165, 1.54) is 70.6 Å². The largest absolute Gasteiger partial charge is 1.00 e. The zero-order valence-corrected chi connectivity index (χ0v) is 31.4. The number of hydrogen-bond acceptors (Lipinski definition) is 7. The van der Waals surface area contributed by atoms with Crippen molar-refractivity contribution in [3.8, 4) is 0 Å². The van der Waals surface area contributed by atoms with Crippen LogP contribution < -0.4 is 64.4 Å². The Bertz CT molecular complexity index is 765. The first kappa shape index (κ1) is 45.7. The first-order valence-electron chi connectivity index (χ1n) is 15.4. The maximum Gasteiger partial charge on any atom is 1.00 e. The van der Waals surface area contributed by atoms with E-state index in [4.69, 9.17) is 4.18 Å². The summed E-state index contributed by atoms with van der Waals surface area (Å²) >= 11 is 0. The minimum atomic E-state index is -4.49. The monoisotopic (exact) mass is 625 g/mol. The molecule has 0 aliphatic heterocycles. The molecule has 0 rings (SSSR count).